The van der Waals surface area contributed by atoms with Gasteiger partial charge < -0.3 is 0 Å². The molecule has 0 aliphatic carbocycles. The molecule has 3 rings (SSSR count). The zero-order chi connectivity index (χ0) is 15.1. The van der Waals surface area contributed by atoms with E-state index < -0.39 is 5.82 Å². The van der Waals surface area contributed by atoms with Gasteiger partial charge in [-0.1, -0.05) is 29.8 Å². The monoisotopic (exact) mass is 366 g/mol. The van der Waals surface area contributed by atoms with Crippen LogP contribution in [0.4, 0.5) is 4.39 Å². The van der Waals surface area contributed by atoms with Gasteiger partial charge in [0.25, 0.3) is 5.91 Å². The Labute approximate surface area is 133 Å². The Bertz CT molecular complexity index is 855. The highest BCUT2D eigenvalue weighted by atomic mass is 79.9. The van der Waals surface area contributed by atoms with Crippen molar-refractivity contribution in [2.24, 2.45) is 0 Å². The van der Waals surface area contributed by atoms with Gasteiger partial charge in [-0.3, -0.25) is 4.79 Å². The lowest BCUT2D eigenvalue weighted by molar-refractivity contribution is 0.0949. The van der Waals surface area contributed by atoms with Gasteiger partial charge in [-0.15, -0.1) is 0 Å². The quantitative estimate of drug-likeness (QED) is 0.630. The lowest BCUT2D eigenvalue weighted by Crippen LogP contribution is -2.15. The van der Waals surface area contributed by atoms with Crippen LogP contribution in [0.5, 0.6) is 0 Å². The lowest BCUT2D eigenvalue weighted by atomic mass is 10.1. The number of hydrogen-bond acceptors (Lipinski definition) is 2. The first-order valence-corrected chi connectivity index (χ1v) is 7.30. The third-order valence-corrected chi connectivity index (χ3v) is 4.11. The largest absolute Gasteiger partial charge is 0.280 e. The third-order valence-electron chi connectivity index (χ3n) is 3.24. The van der Waals surface area contributed by atoms with Gasteiger partial charge >= 0.3 is 0 Å². The Balaban J connectivity index is 2.26. The van der Waals surface area contributed by atoms with Crippen molar-refractivity contribution in [2.75, 3.05) is 0 Å². The van der Waals surface area contributed by atoms with E-state index in [1.54, 1.807) is 31.2 Å². The minimum absolute atomic E-state index is 0.274. The molecule has 0 bridgehead atoms. The maximum Gasteiger partial charge on any atom is 0.280 e. The van der Waals surface area contributed by atoms with Crippen LogP contribution in [-0.4, -0.2) is 15.7 Å². The average Bonchev–Trinajstić information content (AvgIpc) is 2.77. The number of aromatic nitrogens is 2. The molecule has 0 aliphatic rings. The van der Waals surface area contributed by atoms with Crippen LogP contribution in [0.1, 0.15) is 15.9 Å². The summed E-state index contributed by atoms with van der Waals surface area (Å²) in [5.74, 6) is -0.825. The Morgan fingerprint density at radius 3 is 2.71 bits per heavy atom. The molecule has 3 nitrogen and oxygen atoms in total. The molecule has 2 aromatic carbocycles. The van der Waals surface area contributed by atoms with E-state index in [1.807, 2.05) is 0 Å². The van der Waals surface area contributed by atoms with Crippen LogP contribution >= 0.6 is 27.5 Å². The summed E-state index contributed by atoms with van der Waals surface area (Å²) in [7, 11) is 0. The third kappa shape index (κ3) is 2.26. The highest BCUT2D eigenvalue weighted by molar-refractivity contribution is 9.10. The number of fused-ring (bicyclic) bond motifs is 1. The zero-order valence-corrected chi connectivity index (χ0v) is 13.2. The van der Waals surface area contributed by atoms with E-state index in [-0.39, 0.29) is 15.9 Å². The summed E-state index contributed by atoms with van der Waals surface area (Å²) in [6, 6.07) is 9.70. The summed E-state index contributed by atoms with van der Waals surface area (Å²) in [6.07, 6.45) is 0. The van der Waals surface area contributed by atoms with E-state index in [9.17, 15) is 9.18 Å². The number of hydrogen-bond donors (Lipinski definition) is 0. The first-order chi connectivity index (χ1) is 10.0. The normalized spacial score (nSPS) is 11.0. The number of halogens is 3. The molecule has 0 saturated heterocycles. The second-order valence-corrected chi connectivity index (χ2v) is 5.73. The molecule has 0 fully saturated rings. The van der Waals surface area contributed by atoms with Crippen LogP contribution in [0.25, 0.3) is 10.9 Å². The van der Waals surface area contributed by atoms with E-state index in [0.29, 0.717) is 16.1 Å². The maximum atomic E-state index is 13.9. The molecule has 0 atom stereocenters. The van der Waals surface area contributed by atoms with Crippen molar-refractivity contribution in [1.82, 2.24) is 9.78 Å². The van der Waals surface area contributed by atoms with Crippen molar-refractivity contribution in [3.8, 4) is 0 Å². The molecule has 0 aliphatic heterocycles. The fourth-order valence-electron chi connectivity index (χ4n) is 2.25. The lowest BCUT2D eigenvalue weighted by Gasteiger charge is -2.07. The van der Waals surface area contributed by atoms with Crippen molar-refractivity contribution in [3.05, 3.63) is 63.0 Å². The van der Waals surface area contributed by atoms with E-state index >= 15 is 0 Å². The van der Waals surface area contributed by atoms with E-state index in [4.69, 9.17) is 11.6 Å². The Hall–Kier alpha value is -1.72. The minimum atomic E-state index is -0.436. The minimum Gasteiger partial charge on any atom is -0.267 e. The summed E-state index contributed by atoms with van der Waals surface area (Å²) in [4.78, 5) is 12.7. The second kappa shape index (κ2) is 5.24. The summed E-state index contributed by atoms with van der Waals surface area (Å²) in [5.41, 5.74) is 1.50. The number of carbonyl (C=O) groups excluding carboxylic acids is 1. The molecule has 0 unspecified atom stereocenters. The summed E-state index contributed by atoms with van der Waals surface area (Å²) in [5, 5.41) is 4.71. The number of nitrogens with zero attached hydrogens (tertiary/aromatic N) is 2. The van der Waals surface area contributed by atoms with Crippen LogP contribution in [-0.2, 0) is 0 Å². The summed E-state index contributed by atoms with van der Waals surface area (Å²) >= 11 is 9.31. The molecule has 6 heteroatoms. The predicted octanol–water partition coefficient (Wildman–Crippen LogP) is 4.59. The van der Waals surface area contributed by atoms with Gasteiger partial charge in [-0.05, 0) is 46.6 Å². The van der Waals surface area contributed by atoms with Crippen molar-refractivity contribution in [2.45, 2.75) is 6.92 Å². The smallest absolute Gasteiger partial charge is 0.267 e. The zero-order valence-electron chi connectivity index (χ0n) is 10.9. The van der Waals surface area contributed by atoms with E-state index in [2.05, 4.69) is 21.0 Å². The molecule has 21 heavy (non-hydrogen) atoms. The maximum absolute atomic E-state index is 13.9. The van der Waals surface area contributed by atoms with Crippen LogP contribution in [0.2, 0.25) is 5.02 Å². The average molecular weight is 368 g/mol. The van der Waals surface area contributed by atoms with E-state index in [1.165, 1.54) is 12.1 Å². The van der Waals surface area contributed by atoms with Gasteiger partial charge in [0.05, 0.1) is 21.5 Å². The molecule has 0 N–H and O–H groups in total. The Kier molecular flexibility index (Phi) is 3.55. The predicted molar refractivity (Wildman–Crippen MR) is 83.3 cm³/mol. The highest BCUT2D eigenvalue weighted by Crippen LogP contribution is 2.28. The van der Waals surface area contributed by atoms with Gasteiger partial charge in [0.1, 0.15) is 10.4 Å². The Morgan fingerprint density at radius 1 is 1.29 bits per heavy atom. The Morgan fingerprint density at radius 2 is 2.00 bits per heavy atom. The highest BCUT2D eigenvalue weighted by Gasteiger charge is 2.21. The fraction of sp³-hybridized carbons (Fsp3) is 0.0667. The summed E-state index contributed by atoms with van der Waals surface area (Å²) < 4.78 is 15.3. The molecule has 0 spiro atoms. The van der Waals surface area contributed by atoms with Gasteiger partial charge in [0, 0.05) is 0 Å². The first kappa shape index (κ1) is 14.2. The topological polar surface area (TPSA) is 34.9 Å². The van der Waals surface area contributed by atoms with Gasteiger partial charge in [0.2, 0.25) is 0 Å². The van der Waals surface area contributed by atoms with E-state index in [0.717, 1.165) is 10.2 Å². The van der Waals surface area contributed by atoms with Gasteiger partial charge in [-0.25, -0.2) is 4.39 Å². The van der Waals surface area contributed by atoms with Gasteiger partial charge in [-0.2, -0.15) is 9.78 Å². The molecule has 0 saturated carbocycles. The SMILES string of the molecule is Cc1cccc(Cl)c1C(=O)n1nc(Br)c2c(F)cccc21. The molecule has 1 heterocycles. The van der Waals surface area contributed by atoms with Crippen molar-refractivity contribution >= 4 is 44.3 Å². The molecule has 0 radical (unpaired) electrons. The number of rotatable bonds is 1. The second-order valence-electron chi connectivity index (χ2n) is 4.57. The van der Waals surface area contributed by atoms with Crippen LogP contribution < -0.4 is 0 Å². The number of benzene rings is 2. The number of carbonyl (C=O) groups is 1. The molecular weight excluding hydrogens is 359 g/mol. The molecule has 3 aromatic rings. The van der Waals surface area contributed by atoms with Gasteiger partial charge in [0.15, 0.2) is 0 Å². The van der Waals surface area contributed by atoms with Crippen molar-refractivity contribution < 1.29 is 9.18 Å². The number of aryl methyl sites for hydroxylation is 1. The van der Waals surface area contributed by atoms with Crippen molar-refractivity contribution in [3.63, 3.8) is 0 Å². The molecule has 106 valence electrons. The fourth-order valence-corrected chi connectivity index (χ4v) is 3.10. The molecular formula is C15H9BrClFN2O. The first-order valence-electron chi connectivity index (χ1n) is 6.13. The summed E-state index contributed by atoms with van der Waals surface area (Å²) in [6.45, 7) is 1.79. The van der Waals surface area contributed by atoms with Crippen molar-refractivity contribution in [1.29, 1.82) is 0 Å². The van der Waals surface area contributed by atoms with Crippen LogP contribution in [0.3, 0.4) is 0 Å². The van der Waals surface area contributed by atoms with Crippen LogP contribution in [0.15, 0.2) is 41.0 Å². The standard InChI is InChI=1S/C15H9BrClFN2O/c1-8-4-2-5-9(17)12(8)15(21)20-11-7-3-6-10(18)13(11)14(16)19-20/h2-7H,1H3. The van der Waals surface area contributed by atoms with Crippen LogP contribution in [0, 0.1) is 12.7 Å². The molecule has 1 aromatic heterocycles. The molecule has 0 amide bonds.